The Labute approximate surface area is 145 Å². The quantitative estimate of drug-likeness (QED) is 0.823. The maximum absolute atomic E-state index is 12.8. The molecule has 0 spiro atoms. The van der Waals surface area contributed by atoms with E-state index in [2.05, 4.69) is 26.3 Å². The van der Waals surface area contributed by atoms with Crippen molar-refractivity contribution in [3.63, 3.8) is 0 Å². The van der Waals surface area contributed by atoms with Crippen molar-refractivity contribution < 1.29 is 18.0 Å². The molecule has 2 aromatic rings. The molecule has 0 saturated heterocycles. The van der Waals surface area contributed by atoms with Gasteiger partial charge in [0.1, 0.15) is 0 Å². The molecule has 0 radical (unpaired) electrons. The summed E-state index contributed by atoms with van der Waals surface area (Å²) in [6.45, 7) is 0.414. The molecule has 128 valence electrons. The van der Waals surface area contributed by atoms with Gasteiger partial charge in [-0.15, -0.1) is 0 Å². The van der Waals surface area contributed by atoms with Crippen molar-refractivity contribution >= 4 is 21.8 Å². The summed E-state index contributed by atoms with van der Waals surface area (Å²) in [6, 6.07) is 8.08. The Hall–Kier alpha value is -1.83. The van der Waals surface area contributed by atoms with Crippen LogP contribution in [0.3, 0.4) is 0 Å². The number of hydrogen-bond acceptors (Lipinski definition) is 2. The van der Waals surface area contributed by atoms with Gasteiger partial charge in [-0.1, -0.05) is 12.1 Å². The molecule has 24 heavy (non-hydrogen) atoms. The summed E-state index contributed by atoms with van der Waals surface area (Å²) >= 11 is 3.29. The van der Waals surface area contributed by atoms with Crippen molar-refractivity contribution in [2.45, 2.75) is 31.5 Å². The summed E-state index contributed by atoms with van der Waals surface area (Å²) < 4.78 is 40.5. The van der Waals surface area contributed by atoms with Gasteiger partial charge in [0.15, 0.2) is 5.69 Å². The number of alkyl halides is 3. The van der Waals surface area contributed by atoms with E-state index in [-0.39, 0.29) is 24.9 Å². The van der Waals surface area contributed by atoms with Gasteiger partial charge in [-0.2, -0.15) is 18.3 Å². The molecule has 8 heteroatoms. The molecule has 1 heterocycles. The van der Waals surface area contributed by atoms with Crippen LogP contribution in [-0.2, 0) is 12.7 Å². The Bertz CT molecular complexity index is 753. The molecule has 4 nitrogen and oxygen atoms in total. The number of amides is 1. The summed E-state index contributed by atoms with van der Waals surface area (Å²) in [5.74, 6) is -0.133. The number of nitrogens with one attached hydrogen (secondary N) is 1. The van der Waals surface area contributed by atoms with Crippen molar-refractivity contribution in [2.75, 3.05) is 6.54 Å². The van der Waals surface area contributed by atoms with Crippen LogP contribution >= 0.6 is 15.9 Å². The van der Waals surface area contributed by atoms with Crippen LogP contribution in [0.15, 0.2) is 34.8 Å². The number of halogens is 4. The fourth-order valence-electron chi connectivity index (χ4n) is 2.47. The van der Waals surface area contributed by atoms with Crippen molar-refractivity contribution in [1.82, 2.24) is 15.1 Å². The van der Waals surface area contributed by atoms with Gasteiger partial charge in [0.05, 0.1) is 12.1 Å². The minimum atomic E-state index is -4.45. The smallest absolute Gasteiger partial charge is 0.350 e. The molecule has 0 atom stereocenters. The Morgan fingerprint density at radius 1 is 1.33 bits per heavy atom. The van der Waals surface area contributed by atoms with Crippen LogP contribution in [0.1, 0.15) is 40.5 Å². The first kappa shape index (κ1) is 17.0. The molecule has 1 saturated carbocycles. The number of benzene rings is 1. The van der Waals surface area contributed by atoms with Gasteiger partial charge in [-0.05, 0) is 47.0 Å². The lowest BCUT2D eigenvalue weighted by atomic mass is 10.2. The number of aromatic nitrogens is 2. The van der Waals surface area contributed by atoms with Crippen molar-refractivity contribution in [3.8, 4) is 0 Å². The zero-order chi connectivity index (χ0) is 17.3. The van der Waals surface area contributed by atoms with E-state index in [9.17, 15) is 18.0 Å². The Balaban J connectivity index is 1.65. The zero-order valence-electron chi connectivity index (χ0n) is 12.6. The van der Waals surface area contributed by atoms with Crippen molar-refractivity contribution in [1.29, 1.82) is 0 Å². The number of nitrogens with zero attached hydrogens (tertiary/aromatic N) is 2. The second-order valence-corrected chi connectivity index (χ2v) is 6.54. The maximum atomic E-state index is 12.8. The molecule has 1 aromatic heterocycles. The topological polar surface area (TPSA) is 46.9 Å². The molecule has 0 bridgehead atoms. The second kappa shape index (κ2) is 6.58. The molecular formula is C16H15BrF3N3O. The monoisotopic (exact) mass is 401 g/mol. The largest absolute Gasteiger partial charge is 0.435 e. The van der Waals surface area contributed by atoms with Crippen LogP contribution < -0.4 is 5.32 Å². The predicted molar refractivity (Wildman–Crippen MR) is 85.7 cm³/mol. The molecule has 1 aromatic carbocycles. The third-order valence-electron chi connectivity index (χ3n) is 3.82. The summed E-state index contributed by atoms with van der Waals surface area (Å²) in [4.78, 5) is 12.1. The van der Waals surface area contributed by atoms with Gasteiger partial charge >= 0.3 is 6.18 Å². The van der Waals surface area contributed by atoms with Gasteiger partial charge in [0.2, 0.25) is 0 Å². The normalized spacial score (nSPS) is 14.7. The fourth-order valence-corrected chi connectivity index (χ4v) is 2.94. The third-order valence-corrected chi connectivity index (χ3v) is 4.52. The van der Waals surface area contributed by atoms with Crippen molar-refractivity contribution in [3.05, 3.63) is 51.8 Å². The minimum absolute atomic E-state index is 0.146. The number of carbonyl (C=O) groups is 1. The van der Waals surface area contributed by atoms with E-state index in [4.69, 9.17) is 0 Å². The molecule has 0 unspecified atom stereocenters. The third kappa shape index (κ3) is 3.80. The Morgan fingerprint density at radius 2 is 2.04 bits per heavy atom. The van der Waals surface area contributed by atoms with Crippen LogP contribution in [0, 0.1) is 0 Å². The van der Waals surface area contributed by atoms with Gasteiger partial charge in [-0.3, -0.25) is 9.48 Å². The molecule has 1 amide bonds. The summed E-state index contributed by atoms with van der Waals surface area (Å²) in [5.41, 5.74) is 0.204. The van der Waals surface area contributed by atoms with Crippen molar-refractivity contribution in [2.24, 2.45) is 0 Å². The zero-order valence-corrected chi connectivity index (χ0v) is 14.2. The van der Waals surface area contributed by atoms with E-state index in [0.29, 0.717) is 15.7 Å². The molecule has 1 N–H and O–H groups in total. The van der Waals surface area contributed by atoms with Crippen LogP contribution in [0.25, 0.3) is 0 Å². The SMILES string of the molecule is O=C(NCCn1nc(C(F)(F)F)cc1C1CC1)c1ccccc1Br. The first-order valence-corrected chi connectivity index (χ1v) is 8.33. The summed E-state index contributed by atoms with van der Waals surface area (Å²) in [6.07, 6.45) is -2.69. The van der Waals surface area contributed by atoms with E-state index >= 15 is 0 Å². The molecule has 1 fully saturated rings. The van der Waals surface area contributed by atoms with Crippen LogP contribution in [-0.4, -0.2) is 22.2 Å². The lowest BCUT2D eigenvalue weighted by Gasteiger charge is -2.09. The Morgan fingerprint density at radius 3 is 2.67 bits per heavy atom. The highest BCUT2D eigenvalue weighted by molar-refractivity contribution is 9.10. The molecular weight excluding hydrogens is 387 g/mol. The maximum Gasteiger partial charge on any atom is 0.435 e. The van der Waals surface area contributed by atoms with Crippen LogP contribution in [0.5, 0.6) is 0 Å². The highest BCUT2D eigenvalue weighted by Gasteiger charge is 2.37. The van der Waals surface area contributed by atoms with Crippen LogP contribution in [0.4, 0.5) is 13.2 Å². The fraction of sp³-hybridized carbons (Fsp3) is 0.375. The highest BCUT2D eigenvalue weighted by atomic mass is 79.9. The van der Waals surface area contributed by atoms with E-state index in [1.54, 1.807) is 24.3 Å². The minimum Gasteiger partial charge on any atom is -0.350 e. The van der Waals surface area contributed by atoms with Gasteiger partial charge < -0.3 is 5.32 Å². The average molecular weight is 402 g/mol. The highest BCUT2D eigenvalue weighted by Crippen LogP contribution is 2.42. The number of hydrogen-bond donors (Lipinski definition) is 1. The first-order valence-electron chi connectivity index (χ1n) is 7.54. The Kier molecular flexibility index (Phi) is 4.67. The second-order valence-electron chi connectivity index (χ2n) is 5.69. The summed E-state index contributed by atoms with van der Waals surface area (Å²) in [5, 5.41) is 6.37. The van der Waals surface area contributed by atoms with Crippen LogP contribution in [0.2, 0.25) is 0 Å². The van der Waals surface area contributed by atoms with Gasteiger partial charge in [-0.25, -0.2) is 0 Å². The average Bonchev–Trinajstić information content (AvgIpc) is 3.26. The number of carbonyl (C=O) groups excluding carboxylic acids is 1. The van der Waals surface area contributed by atoms with Gasteiger partial charge in [0, 0.05) is 22.6 Å². The number of rotatable bonds is 5. The summed E-state index contributed by atoms with van der Waals surface area (Å²) in [7, 11) is 0. The van der Waals surface area contributed by atoms with E-state index in [1.165, 1.54) is 4.68 Å². The molecule has 1 aliphatic rings. The molecule has 1 aliphatic carbocycles. The van der Waals surface area contributed by atoms with E-state index in [0.717, 1.165) is 18.9 Å². The van der Waals surface area contributed by atoms with E-state index in [1.807, 2.05) is 0 Å². The lowest BCUT2D eigenvalue weighted by Crippen LogP contribution is -2.28. The van der Waals surface area contributed by atoms with Gasteiger partial charge in [0.25, 0.3) is 5.91 Å². The molecule has 3 rings (SSSR count). The first-order chi connectivity index (χ1) is 11.4. The lowest BCUT2D eigenvalue weighted by molar-refractivity contribution is -0.141. The molecule has 0 aliphatic heterocycles. The predicted octanol–water partition coefficient (Wildman–Crippen LogP) is 3.97. The van der Waals surface area contributed by atoms with E-state index < -0.39 is 11.9 Å². The standard InChI is InChI=1S/C16H15BrF3N3O/c17-12-4-2-1-3-11(12)15(24)21-7-8-23-13(10-5-6-10)9-14(22-23)16(18,19)20/h1-4,9-10H,5-8H2,(H,21,24).